The average molecular weight is 369 g/mol. The summed E-state index contributed by atoms with van der Waals surface area (Å²) in [6.07, 6.45) is 10.3. The van der Waals surface area contributed by atoms with Gasteiger partial charge in [-0.05, 0) is 37.5 Å². The van der Waals surface area contributed by atoms with E-state index in [0.717, 1.165) is 43.4 Å². The predicted octanol–water partition coefficient (Wildman–Crippen LogP) is 2.17. The van der Waals surface area contributed by atoms with E-state index in [1.807, 2.05) is 25.5 Å². The number of aliphatic hydroxyl groups excluding tert-OH is 1. The summed E-state index contributed by atoms with van der Waals surface area (Å²) in [6, 6.07) is -0.333. The van der Waals surface area contributed by atoms with Crippen LogP contribution in [-0.4, -0.2) is 43.4 Å². The molecule has 0 aromatic carbocycles. The Labute approximate surface area is 159 Å². The van der Waals surface area contributed by atoms with Crippen LogP contribution >= 0.6 is 0 Å². The van der Waals surface area contributed by atoms with Crippen LogP contribution in [0.15, 0.2) is 18.6 Å². The van der Waals surface area contributed by atoms with Crippen LogP contribution in [0.4, 0.5) is 0 Å². The minimum atomic E-state index is -0.333. The van der Waals surface area contributed by atoms with E-state index < -0.39 is 0 Å². The quantitative estimate of drug-likeness (QED) is 0.862. The number of amides is 1. The molecule has 0 bridgehead atoms. The second-order valence-electron chi connectivity index (χ2n) is 8.86. The summed E-state index contributed by atoms with van der Waals surface area (Å²) >= 11 is 0. The highest BCUT2D eigenvalue weighted by Crippen LogP contribution is 2.56. The maximum Gasteiger partial charge on any atom is 0.272 e. The zero-order chi connectivity index (χ0) is 19.2. The Hall–Kier alpha value is -2.28. The molecule has 27 heavy (non-hydrogen) atoms. The molecule has 2 aromatic heterocycles. The van der Waals surface area contributed by atoms with Gasteiger partial charge in [0.1, 0.15) is 0 Å². The van der Waals surface area contributed by atoms with E-state index in [4.69, 9.17) is 0 Å². The molecule has 0 radical (unpaired) electrons. The lowest BCUT2D eigenvalue weighted by atomic mass is 9.83. The molecule has 4 rings (SSSR count). The van der Waals surface area contributed by atoms with Crippen molar-refractivity contribution in [3.8, 4) is 5.82 Å². The summed E-state index contributed by atoms with van der Waals surface area (Å²) in [6.45, 7) is 5.90. The van der Waals surface area contributed by atoms with Crippen LogP contribution < -0.4 is 5.32 Å². The molecule has 2 aliphatic carbocycles. The molecule has 2 N–H and O–H groups in total. The summed E-state index contributed by atoms with van der Waals surface area (Å²) in [4.78, 5) is 21.6. The Morgan fingerprint density at radius 1 is 1.33 bits per heavy atom. The third kappa shape index (κ3) is 3.14. The highest BCUT2D eigenvalue weighted by molar-refractivity contribution is 5.94. The van der Waals surface area contributed by atoms with Gasteiger partial charge in [-0.1, -0.05) is 20.8 Å². The summed E-state index contributed by atoms with van der Waals surface area (Å²) in [5.41, 5.74) is 2.53. The van der Waals surface area contributed by atoms with Crippen molar-refractivity contribution in [1.82, 2.24) is 25.1 Å². The van der Waals surface area contributed by atoms with Gasteiger partial charge in [-0.3, -0.25) is 9.78 Å². The molecule has 0 aliphatic heterocycles. The lowest BCUT2D eigenvalue weighted by molar-refractivity contribution is 0.0841. The molecule has 1 spiro atoms. The Kier molecular flexibility index (Phi) is 4.29. The second kappa shape index (κ2) is 6.41. The third-order valence-corrected chi connectivity index (χ3v) is 5.94. The minimum Gasteiger partial charge on any atom is -0.394 e. The minimum absolute atomic E-state index is 0.105. The molecule has 1 amide bonds. The van der Waals surface area contributed by atoms with E-state index in [1.165, 1.54) is 0 Å². The van der Waals surface area contributed by atoms with E-state index in [9.17, 15) is 9.90 Å². The van der Waals surface area contributed by atoms with Gasteiger partial charge in [-0.15, -0.1) is 0 Å². The number of nitrogens with one attached hydrogen (secondary N) is 1. The van der Waals surface area contributed by atoms with E-state index in [-0.39, 0.29) is 29.4 Å². The van der Waals surface area contributed by atoms with E-state index >= 15 is 0 Å². The summed E-state index contributed by atoms with van der Waals surface area (Å²) in [5.74, 6) is 0.427. The molecular formula is C20H27N5O2. The van der Waals surface area contributed by atoms with Gasteiger partial charge in [0.2, 0.25) is 0 Å². The smallest absolute Gasteiger partial charge is 0.272 e. The van der Waals surface area contributed by atoms with Crippen molar-refractivity contribution in [3.05, 3.63) is 35.5 Å². The Bertz CT molecular complexity index is 849. The van der Waals surface area contributed by atoms with E-state index in [1.54, 1.807) is 18.6 Å². The predicted molar refractivity (Wildman–Crippen MR) is 101 cm³/mol. The fourth-order valence-corrected chi connectivity index (χ4v) is 4.10. The van der Waals surface area contributed by atoms with E-state index in [2.05, 4.69) is 20.4 Å². The first-order chi connectivity index (χ1) is 12.9. The number of aromatic nitrogens is 4. The highest BCUT2D eigenvalue weighted by Gasteiger charge is 2.51. The third-order valence-electron chi connectivity index (χ3n) is 5.94. The van der Waals surface area contributed by atoms with Gasteiger partial charge in [-0.25, -0.2) is 9.67 Å². The van der Waals surface area contributed by atoms with Crippen LogP contribution in [-0.2, 0) is 11.8 Å². The fourth-order valence-electron chi connectivity index (χ4n) is 4.10. The van der Waals surface area contributed by atoms with Gasteiger partial charge < -0.3 is 10.4 Å². The number of nitrogens with zero attached hydrogens (tertiary/aromatic N) is 4. The Morgan fingerprint density at radius 2 is 2.11 bits per heavy atom. The van der Waals surface area contributed by atoms with Gasteiger partial charge in [-0.2, -0.15) is 5.10 Å². The van der Waals surface area contributed by atoms with Gasteiger partial charge >= 0.3 is 0 Å². The van der Waals surface area contributed by atoms with E-state index in [0.29, 0.717) is 11.5 Å². The van der Waals surface area contributed by atoms with Crippen LogP contribution in [0.1, 0.15) is 68.2 Å². The second-order valence-corrected chi connectivity index (χ2v) is 8.86. The van der Waals surface area contributed by atoms with Crippen molar-refractivity contribution in [2.75, 3.05) is 6.61 Å². The molecule has 0 saturated heterocycles. The fraction of sp³-hybridized carbons (Fsp3) is 0.600. The van der Waals surface area contributed by atoms with Gasteiger partial charge in [0.25, 0.3) is 5.91 Å². The Morgan fingerprint density at radius 3 is 2.70 bits per heavy atom. The number of hydrogen-bond acceptors (Lipinski definition) is 5. The monoisotopic (exact) mass is 369 g/mol. The number of carbonyl (C=O) groups is 1. The van der Waals surface area contributed by atoms with Crippen molar-refractivity contribution >= 4 is 5.91 Å². The molecule has 144 valence electrons. The molecule has 7 heteroatoms. The van der Waals surface area contributed by atoms with Gasteiger partial charge in [0.15, 0.2) is 11.5 Å². The highest BCUT2D eigenvalue weighted by atomic mass is 16.3. The molecular weight excluding hydrogens is 342 g/mol. The number of rotatable bonds is 4. The zero-order valence-electron chi connectivity index (χ0n) is 16.2. The standard InChI is InChI=1S/C20H27N5O2/c1-19(2,3)14(12-26)23-18(27)16-13-5-4-6-20(7-8-20)17(13)25(24-16)15-11-21-9-10-22-15/h9-11,14,26H,4-8,12H2,1-3H3,(H,23,27)/t14-/m1/s1. The first kappa shape index (κ1) is 18.1. The number of aliphatic hydroxyl groups is 1. The molecule has 0 unspecified atom stereocenters. The zero-order valence-corrected chi connectivity index (χ0v) is 16.2. The first-order valence-electron chi connectivity index (χ1n) is 9.66. The van der Waals surface area contributed by atoms with Crippen LogP contribution in [0.25, 0.3) is 5.82 Å². The molecule has 7 nitrogen and oxygen atoms in total. The number of carbonyl (C=O) groups excluding carboxylic acids is 1. The molecule has 2 heterocycles. The van der Waals surface area contributed by atoms with Crippen LogP contribution in [0.3, 0.4) is 0 Å². The normalized spacial score (nSPS) is 18.8. The van der Waals surface area contributed by atoms with Crippen molar-refractivity contribution in [2.45, 2.75) is 64.3 Å². The lowest BCUT2D eigenvalue weighted by Gasteiger charge is -2.29. The average Bonchev–Trinajstić information content (AvgIpc) is 3.28. The van der Waals surface area contributed by atoms with Crippen LogP contribution in [0, 0.1) is 5.41 Å². The molecule has 1 saturated carbocycles. The summed E-state index contributed by atoms with van der Waals surface area (Å²) in [5, 5.41) is 17.4. The first-order valence-corrected chi connectivity index (χ1v) is 9.66. The molecule has 2 aromatic rings. The van der Waals surface area contributed by atoms with Gasteiger partial charge in [0.05, 0.1) is 24.5 Å². The maximum atomic E-state index is 13.1. The topological polar surface area (TPSA) is 92.9 Å². The molecule has 2 aliphatic rings. The lowest BCUT2D eigenvalue weighted by Crippen LogP contribution is -2.46. The molecule has 1 fully saturated rings. The van der Waals surface area contributed by atoms with Crippen molar-refractivity contribution in [1.29, 1.82) is 0 Å². The van der Waals surface area contributed by atoms with Crippen molar-refractivity contribution in [2.24, 2.45) is 5.41 Å². The van der Waals surface area contributed by atoms with Crippen molar-refractivity contribution < 1.29 is 9.90 Å². The van der Waals surface area contributed by atoms with Crippen LogP contribution in [0.5, 0.6) is 0 Å². The Balaban J connectivity index is 1.76. The number of hydrogen-bond donors (Lipinski definition) is 2. The summed E-state index contributed by atoms with van der Waals surface area (Å²) in [7, 11) is 0. The van der Waals surface area contributed by atoms with Crippen LogP contribution in [0.2, 0.25) is 0 Å². The molecule has 1 atom stereocenters. The summed E-state index contributed by atoms with van der Waals surface area (Å²) < 4.78 is 1.83. The van der Waals surface area contributed by atoms with Crippen molar-refractivity contribution in [3.63, 3.8) is 0 Å². The maximum absolute atomic E-state index is 13.1. The van der Waals surface area contributed by atoms with Gasteiger partial charge in [0, 0.05) is 23.4 Å². The SMILES string of the molecule is CC(C)(C)[C@@H](CO)NC(=O)c1nn(-c2cnccn2)c2c1CCCC21CC1. The number of fused-ring (bicyclic) bond motifs is 2. The largest absolute Gasteiger partial charge is 0.394 e.